The van der Waals surface area contributed by atoms with Gasteiger partial charge in [-0.1, -0.05) is 6.07 Å². The van der Waals surface area contributed by atoms with Crippen LogP contribution in [0.3, 0.4) is 0 Å². The number of aromatic nitrogens is 2. The van der Waals surface area contributed by atoms with Crippen molar-refractivity contribution in [2.24, 2.45) is 0 Å². The fourth-order valence-corrected chi connectivity index (χ4v) is 1.93. The zero-order valence-electron chi connectivity index (χ0n) is 11.1. The van der Waals surface area contributed by atoms with E-state index in [2.05, 4.69) is 10.3 Å². The molecule has 4 nitrogen and oxygen atoms in total. The minimum atomic E-state index is -0.248. The van der Waals surface area contributed by atoms with E-state index in [1.165, 1.54) is 13.2 Å². The number of rotatable bonds is 6. The molecule has 0 saturated heterocycles. The number of ether oxygens (including phenoxy) is 1. The molecule has 0 aliphatic heterocycles. The number of halogens is 1. The molecular weight excluding hydrogens is 245 g/mol. The first-order valence-corrected chi connectivity index (χ1v) is 6.23. The van der Waals surface area contributed by atoms with E-state index in [0.29, 0.717) is 11.3 Å². The molecule has 1 unspecified atom stereocenters. The average Bonchev–Trinajstić information content (AvgIpc) is 2.91. The van der Waals surface area contributed by atoms with Gasteiger partial charge in [0.15, 0.2) is 0 Å². The maximum absolute atomic E-state index is 13.9. The van der Waals surface area contributed by atoms with Crippen molar-refractivity contribution < 1.29 is 9.13 Å². The molecule has 102 valence electrons. The van der Waals surface area contributed by atoms with Gasteiger partial charge in [0.05, 0.1) is 13.4 Å². The topological polar surface area (TPSA) is 39.1 Å². The second-order valence-electron chi connectivity index (χ2n) is 4.36. The lowest BCUT2D eigenvalue weighted by molar-refractivity contribution is 0.409. The Labute approximate surface area is 112 Å². The molecule has 1 aromatic carbocycles. The number of hydrogen-bond acceptors (Lipinski definition) is 3. The van der Waals surface area contributed by atoms with Gasteiger partial charge in [0.25, 0.3) is 0 Å². The second-order valence-corrected chi connectivity index (χ2v) is 4.36. The molecule has 0 bridgehead atoms. The molecule has 2 rings (SSSR count). The Morgan fingerprint density at radius 1 is 1.47 bits per heavy atom. The van der Waals surface area contributed by atoms with E-state index in [9.17, 15) is 4.39 Å². The Hall–Kier alpha value is -1.88. The van der Waals surface area contributed by atoms with Gasteiger partial charge in [0, 0.05) is 43.2 Å². The van der Waals surface area contributed by atoms with Crippen molar-refractivity contribution in [1.82, 2.24) is 14.9 Å². The van der Waals surface area contributed by atoms with Crippen LogP contribution in [-0.2, 0) is 6.54 Å². The Morgan fingerprint density at radius 2 is 2.32 bits per heavy atom. The van der Waals surface area contributed by atoms with Gasteiger partial charge in [0.1, 0.15) is 11.6 Å². The fraction of sp³-hybridized carbons (Fsp3) is 0.357. The van der Waals surface area contributed by atoms with E-state index < -0.39 is 0 Å². The summed E-state index contributed by atoms with van der Waals surface area (Å²) in [6, 6.07) is 4.88. The van der Waals surface area contributed by atoms with E-state index >= 15 is 0 Å². The number of hydrogen-bond donors (Lipinski definition) is 1. The molecule has 0 fully saturated rings. The van der Waals surface area contributed by atoms with Crippen LogP contribution in [0.2, 0.25) is 0 Å². The maximum Gasteiger partial charge on any atom is 0.131 e. The van der Waals surface area contributed by atoms with Gasteiger partial charge in [-0.25, -0.2) is 9.37 Å². The Kier molecular flexibility index (Phi) is 4.52. The largest absolute Gasteiger partial charge is 0.497 e. The second kappa shape index (κ2) is 6.33. The standard InChI is InChI=1S/C14H18FN3O/c1-11(17-6-8-18-7-5-16-10-18)13-4-3-12(19-2)9-14(13)15/h3-5,7,9-11,17H,6,8H2,1-2H3. The Bertz CT molecular complexity index is 513. The third-order valence-corrected chi connectivity index (χ3v) is 3.05. The predicted octanol–water partition coefficient (Wildman–Crippen LogP) is 2.38. The summed E-state index contributed by atoms with van der Waals surface area (Å²) in [6.45, 7) is 3.50. The van der Waals surface area contributed by atoms with Crippen molar-refractivity contribution in [1.29, 1.82) is 0 Å². The first-order chi connectivity index (χ1) is 9.20. The number of nitrogens with one attached hydrogen (secondary N) is 1. The minimum absolute atomic E-state index is 0.0468. The number of nitrogens with zero attached hydrogens (tertiary/aromatic N) is 2. The third-order valence-electron chi connectivity index (χ3n) is 3.05. The summed E-state index contributed by atoms with van der Waals surface area (Å²) in [4.78, 5) is 3.97. The average molecular weight is 263 g/mol. The van der Waals surface area contributed by atoms with Crippen LogP contribution in [0, 0.1) is 5.82 Å². The number of methoxy groups -OCH3 is 1. The molecule has 0 spiro atoms. The zero-order chi connectivity index (χ0) is 13.7. The first kappa shape index (κ1) is 13.5. The SMILES string of the molecule is COc1ccc(C(C)NCCn2ccnc2)c(F)c1. The van der Waals surface area contributed by atoms with Crippen LogP contribution in [0.5, 0.6) is 5.75 Å². The van der Waals surface area contributed by atoms with E-state index in [1.54, 1.807) is 24.7 Å². The summed E-state index contributed by atoms with van der Waals surface area (Å²) in [6.07, 6.45) is 5.41. The van der Waals surface area contributed by atoms with Crippen LogP contribution in [0.1, 0.15) is 18.5 Å². The van der Waals surface area contributed by atoms with E-state index in [1.807, 2.05) is 17.7 Å². The molecule has 0 radical (unpaired) electrons. The van der Waals surface area contributed by atoms with Gasteiger partial charge in [0.2, 0.25) is 0 Å². The molecule has 0 aliphatic rings. The monoisotopic (exact) mass is 263 g/mol. The van der Waals surface area contributed by atoms with Crippen LogP contribution in [0.4, 0.5) is 4.39 Å². The molecule has 0 saturated carbocycles. The van der Waals surface area contributed by atoms with Crippen molar-refractivity contribution in [3.63, 3.8) is 0 Å². The molecule has 0 amide bonds. The van der Waals surface area contributed by atoms with Gasteiger partial charge in [-0.15, -0.1) is 0 Å². The van der Waals surface area contributed by atoms with E-state index in [0.717, 1.165) is 13.1 Å². The highest BCUT2D eigenvalue weighted by Gasteiger charge is 2.11. The molecule has 1 heterocycles. The molecule has 0 aliphatic carbocycles. The summed E-state index contributed by atoms with van der Waals surface area (Å²) in [7, 11) is 1.53. The smallest absolute Gasteiger partial charge is 0.131 e. The lowest BCUT2D eigenvalue weighted by Crippen LogP contribution is -2.23. The predicted molar refractivity (Wildman–Crippen MR) is 71.6 cm³/mol. The van der Waals surface area contributed by atoms with Crippen LogP contribution in [0.25, 0.3) is 0 Å². The summed E-state index contributed by atoms with van der Waals surface area (Å²) in [5.74, 6) is 0.286. The molecule has 1 atom stereocenters. The molecule has 1 N–H and O–H groups in total. The highest BCUT2D eigenvalue weighted by atomic mass is 19.1. The highest BCUT2D eigenvalue weighted by Crippen LogP contribution is 2.21. The zero-order valence-corrected chi connectivity index (χ0v) is 11.1. The van der Waals surface area contributed by atoms with Crippen molar-refractivity contribution in [3.05, 3.63) is 48.3 Å². The van der Waals surface area contributed by atoms with Crippen molar-refractivity contribution in [2.45, 2.75) is 19.5 Å². The quantitative estimate of drug-likeness (QED) is 0.869. The van der Waals surface area contributed by atoms with E-state index in [-0.39, 0.29) is 11.9 Å². The summed E-state index contributed by atoms with van der Waals surface area (Å²) < 4.78 is 20.8. The lowest BCUT2D eigenvalue weighted by atomic mass is 10.1. The maximum atomic E-state index is 13.9. The lowest BCUT2D eigenvalue weighted by Gasteiger charge is -2.15. The van der Waals surface area contributed by atoms with Crippen LogP contribution in [0.15, 0.2) is 36.9 Å². The minimum Gasteiger partial charge on any atom is -0.497 e. The molecule has 1 aromatic heterocycles. The highest BCUT2D eigenvalue weighted by molar-refractivity contribution is 5.30. The first-order valence-electron chi connectivity index (χ1n) is 6.23. The molecule has 2 aromatic rings. The van der Waals surface area contributed by atoms with Gasteiger partial charge >= 0.3 is 0 Å². The molecular formula is C14H18FN3O. The van der Waals surface area contributed by atoms with E-state index in [4.69, 9.17) is 4.74 Å². The van der Waals surface area contributed by atoms with Gasteiger partial charge in [-0.2, -0.15) is 0 Å². The Morgan fingerprint density at radius 3 is 2.95 bits per heavy atom. The van der Waals surface area contributed by atoms with Gasteiger partial charge in [-0.05, 0) is 13.0 Å². The summed E-state index contributed by atoms with van der Waals surface area (Å²) in [5, 5.41) is 3.29. The fourth-order valence-electron chi connectivity index (χ4n) is 1.93. The summed E-state index contributed by atoms with van der Waals surface area (Å²) >= 11 is 0. The van der Waals surface area contributed by atoms with Crippen LogP contribution >= 0.6 is 0 Å². The molecule has 5 heteroatoms. The third kappa shape index (κ3) is 3.54. The van der Waals surface area contributed by atoms with Crippen molar-refractivity contribution >= 4 is 0 Å². The number of imidazole rings is 1. The summed E-state index contributed by atoms with van der Waals surface area (Å²) in [5.41, 5.74) is 0.645. The van der Waals surface area contributed by atoms with Crippen LogP contribution < -0.4 is 10.1 Å². The van der Waals surface area contributed by atoms with Gasteiger partial charge in [-0.3, -0.25) is 0 Å². The van der Waals surface area contributed by atoms with Crippen molar-refractivity contribution in [2.75, 3.05) is 13.7 Å². The molecule has 19 heavy (non-hydrogen) atoms. The van der Waals surface area contributed by atoms with Crippen LogP contribution in [-0.4, -0.2) is 23.2 Å². The number of benzene rings is 1. The Balaban J connectivity index is 1.90. The normalized spacial score (nSPS) is 12.4. The van der Waals surface area contributed by atoms with Gasteiger partial charge < -0.3 is 14.6 Å². The van der Waals surface area contributed by atoms with Crippen molar-refractivity contribution in [3.8, 4) is 5.75 Å².